The van der Waals surface area contributed by atoms with Gasteiger partial charge >= 0.3 is 0 Å². The van der Waals surface area contributed by atoms with E-state index in [1.54, 1.807) is 0 Å². The standard InChI is InChI=1S/C62H50N4/c1-39-23-25-41(3)57(31-39)63(49-17-7-5-8-18-49)55-29-27-45-33-47-38-60-48(37-59(47)65-53-21-13-11-15-43(53)35-51(55)61(45)65)34-46-28-30-56(52-36-44-16-12-14-22-54(44)66(60)62(46)52)64(50-19-9-6-10-20-50)58-32-40(2)24-26-42(58)4/h5-32,37-38H,33-36H2,1-4H3. The molecule has 0 amide bonds. The molecule has 4 heterocycles. The van der Waals surface area contributed by atoms with E-state index in [-0.39, 0.29) is 0 Å². The predicted octanol–water partition coefficient (Wildman–Crippen LogP) is 16.4. The van der Waals surface area contributed by atoms with Crippen LogP contribution in [0.4, 0.5) is 68.2 Å². The van der Waals surface area contributed by atoms with E-state index in [9.17, 15) is 0 Å². The number of benzene rings is 9. The zero-order valence-corrected chi connectivity index (χ0v) is 37.9. The summed E-state index contributed by atoms with van der Waals surface area (Å²) >= 11 is 0. The molecule has 0 bridgehead atoms. The second-order valence-corrected chi connectivity index (χ2v) is 18.8. The summed E-state index contributed by atoms with van der Waals surface area (Å²) in [5, 5.41) is 0. The van der Waals surface area contributed by atoms with Crippen LogP contribution >= 0.6 is 0 Å². The van der Waals surface area contributed by atoms with Crippen molar-refractivity contribution in [2.75, 3.05) is 19.6 Å². The van der Waals surface area contributed by atoms with Gasteiger partial charge in [-0.2, -0.15) is 0 Å². The Labute approximate surface area is 388 Å². The van der Waals surface area contributed by atoms with Crippen molar-refractivity contribution in [2.24, 2.45) is 0 Å². The molecule has 0 aromatic heterocycles. The third kappa shape index (κ3) is 5.91. The van der Waals surface area contributed by atoms with Crippen LogP contribution in [0.1, 0.15) is 66.8 Å². The summed E-state index contributed by atoms with van der Waals surface area (Å²) in [6.45, 7) is 8.88. The quantitative estimate of drug-likeness (QED) is 0.165. The van der Waals surface area contributed by atoms with Crippen LogP contribution in [-0.4, -0.2) is 0 Å². The molecule has 0 aliphatic carbocycles. The lowest BCUT2D eigenvalue weighted by Crippen LogP contribution is -2.29. The Morgan fingerprint density at radius 3 is 1.17 bits per heavy atom. The van der Waals surface area contributed by atoms with E-state index in [4.69, 9.17) is 0 Å². The largest absolute Gasteiger partial charge is 0.310 e. The number of hydrogen-bond acceptors (Lipinski definition) is 4. The van der Waals surface area contributed by atoms with Crippen LogP contribution in [0.5, 0.6) is 0 Å². The predicted molar refractivity (Wildman–Crippen MR) is 275 cm³/mol. The molecule has 4 nitrogen and oxygen atoms in total. The maximum Gasteiger partial charge on any atom is 0.0553 e. The highest BCUT2D eigenvalue weighted by molar-refractivity contribution is 5.99. The average molecular weight is 851 g/mol. The Balaban J connectivity index is 1.00. The van der Waals surface area contributed by atoms with Crippen molar-refractivity contribution in [1.82, 2.24) is 0 Å². The minimum absolute atomic E-state index is 0.863. The number of rotatable bonds is 6. The van der Waals surface area contributed by atoms with Gasteiger partial charge in [0, 0.05) is 70.9 Å². The minimum Gasteiger partial charge on any atom is -0.310 e. The lowest BCUT2D eigenvalue weighted by atomic mass is 9.81. The van der Waals surface area contributed by atoms with Crippen LogP contribution in [0.25, 0.3) is 0 Å². The summed E-state index contributed by atoms with van der Waals surface area (Å²) in [4.78, 5) is 10.2. The van der Waals surface area contributed by atoms with Gasteiger partial charge in [-0.1, -0.05) is 109 Å². The normalized spacial score (nSPS) is 13.5. The second kappa shape index (κ2) is 14.9. The molecule has 0 atom stereocenters. The Kier molecular flexibility index (Phi) is 8.70. The molecule has 318 valence electrons. The summed E-state index contributed by atoms with van der Waals surface area (Å²) in [6, 6.07) is 68.4. The molecule has 9 aromatic rings. The molecule has 0 fully saturated rings. The van der Waals surface area contributed by atoms with Crippen molar-refractivity contribution in [3.63, 3.8) is 0 Å². The summed E-state index contributed by atoms with van der Waals surface area (Å²) in [5.41, 5.74) is 31.0. The highest BCUT2D eigenvalue weighted by atomic mass is 15.2. The molecule has 9 aromatic carbocycles. The zero-order chi connectivity index (χ0) is 44.2. The van der Waals surface area contributed by atoms with Gasteiger partial charge in [0.25, 0.3) is 0 Å². The van der Waals surface area contributed by atoms with Gasteiger partial charge < -0.3 is 19.6 Å². The molecule has 0 saturated carbocycles. The van der Waals surface area contributed by atoms with Gasteiger partial charge in [0.15, 0.2) is 0 Å². The van der Waals surface area contributed by atoms with Crippen LogP contribution in [0.2, 0.25) is 0 Å². The van der Waals surface area contributed by atoms with Crippen LogP contribution in [0, 0.1) is 27.7 Å². The molecule has 0 unspecified atom stereocenters. The van der Waals surface area contributed by atoms with Gasteiger partial charge in [0.2, 0.25) is 0 Å². The van der Waals surface area contributed by atoms with Gasteiger partial charge in [-0.05, 0) is 156 Å². The first-order valence-corrected chi connectivity index (χ1v) is 23.4. The lowest BCUT2D eigenvalue weighted by Gasteiger charge is -2.44. The number of fused-ring (bicyclic) bond motifs is 8. The Morgan fingerprint density at radius 2 is 0.727 bits per heavy atom. The smallest absolute Gasteiger partial charge is 0.0553 e. The second-order valence-electron chi connectivity index (χ2n) is 18.8. The summed E-state index contributed by atoms with van der Waals surface area (Å²) in [6.07, 6.45) is 3.46. The molecule has 4 aliphatic heterocycles. The van der Waals surface area contributed by atoms with E-state index >= 15 is 0 Å². The van der Waals surface area contributed by atoms with E-state index in [2.05, 4.69) is 229 Å². The van der Waals surface area contributed by atoms with Crippen molar-refractivity contribution in [2.45, 2.75) is 53.4 Å². The van der Waals surface area contributed by atoms with Gasteiger partial charge in [-0.3, -0.25) is 0 Å². The van der Waals surface area contributed by atoms with Crippen LogP contribution in [0.3, 0.4) is 0 Å². The number of nitrogens with zero attached hydrogens (tertiary/aromatic N) is 4. The summed E-state index contributed by atoms with van der Waals surface area (Å²) in [7, 11) is 0. The molecule has 0 saturated heterocycles. The van der Waals surface area contributed by atoms with Crippen molar-refractivity contribution in [3.8, 4) is 0 Å². The molecule has 13 rings (SSSR count). The van der Waals surface area contributed by atoms with E-state index in [0.717, 1.165) is 25.7 Å². The van der Waals surface area contributed by atoms with Crippen molar-refractivity contribution in [3.05, 3.63) is 249 Å². The fourth-order valence-corrected chi connectivity index (χ4v) is 11.5. The first-order chi connectivity index (χ1) is 32.4. The van der Waals surface area contributed by atoms with Crippen molar-refractivity contribution < 1.29 is 0 Å². The molecule has 4 aliphatic rings. The minimum atomic E-state index is 0.863. The van der Waals surface area contributed by atoms with Crippen LogP contribution < -0.4 is 19.6 Å². The van der Waals surface area contributed by atoms with E-state index in [0.29, 0.717) is 0 Å². The van der Waals surface area contributed by atoms with E-state index in [1.165, 1.54) is 135 Å². The van der Waals surface area contributed by atoms with Gasteiger partial charge in [-0.15, -0.1) is 0 Å². The number of aryl methyl sites for hydroxylation is 4. The molecular weight excluding hydrogens is 801 g/mol. The molecule has 0 spiro atoms. The molecule has 4 heteroatoms. The topological polar surface area (TPSA) is 13.0 Å². The molecular formula is C62H50N4. The molecule has 0 radical (unpaired) electrons. The third-order valence-electron chi connectivity index (χ3n) is 14.6. The van der Waals surface area contributed by atoms with Crippen molar-refractivity contribution >= 4 is 68.2 Å². The first-order valence-electron chi connectivity index (χ1n) is 23.4. The monoisotopic (exact) mass is 850 g/mol. The average Bonchev–Trinajstić information content (AvgIpc) is 3.35. The first kappa shape index (κ1) is 38.6. The maximum atomic E-state index is 2.62. The number of hydrogen-bond donors (Lipinski definition) is 0. The summed E-state index contributed by atoms with van der Waals surface area (Å²) < 4.78 is 0. The van der Waals surface area contributed by atoms with Gasteiger partial charge in [0.1, 0.15) is 0 Å². The highest BCUT2D eigenvalue weighted by Crippen LogP contribution is 2.59. The van der Waals surface area contributed by atoms with E-state index < -0.39 is 0 Å². The fourth-order valence-electron chi connectivity index (χ4n) is 11.5. The lowest BCUT2D eigenvalue weighted by molar-refractivity contribution is 0.977. The SMILES string of the molecule is Cc1ccc(C)c(N(c2ccccc2)c2ccc3c4c2Cc2ccccc2N4c2cc4c(cc2C3)N2c3ccccc3Cc3c(N(c5ccccc5)c5cc(C)ccc5C)ccc(c32)C4)c1. The van der Waals surface area contributed by atoms with Gasteiger partial charge in [-0.25, -0.2) is 0 Å². The van der Waals surface area contributed by atoms with Gasteiger partial charge in [0.05, 0.1) is 34.1 Å². The third-order valence-corrected chi connectivity index (χ3v) is 14.6. The number of para-hydroxylation sites is 4. The molecule has 0 N–H and O–H groups in total. The van der Waals surface area contributed by atoms with E-state index in [1.807, 2.05) is 0 Å². The maximum absolute atomic E-state index is 2.62. The number of anilines is 12. The molecule has 66 heavy (non-hydrogen) atoms. The zero-order valence-electron chi connectivity index (χ0n) is 37.9. The van der Waals surface area contributed by atoms with Crippen LogP contribution in [0.15, 0.2) is 182 Å². The summed E-state index contributed by atoms with van der Waals surface area (Å²) in [5.74, 6) is 0. The Hall–Kier alpha value is -7.82. The Bertz CT molecular complexity index is 3210. The van der Waals surface area contributed by atoms with Crippen molar-refractivity contribution in [1.29, 1.82) is 0 Å². The highest BCUT2D eigenvalue weighted by Gasteiger charge is 2.39. The van der Waals surface area contributed by atoms with Crippen LogP contribution in [-0.2, 0) is 25.7 Å². The Morgan fingerprint density at radius 1 is 0.318 bits per heavy atom. The fraction of sp³-hybridized carbons (Fsp3) is 0.129.